The zero-order valence-corrected chi connectivity index (χ0v) is 11.9. The van der Waals surface area contributed by atoms with Gasteiger partial charge in [0.15, 0.2) is 0 Å². The average Bonchev–Trinajstić information content (AvgIpc) is 3.20. The molecule has 2 aliphatic rings. The highest BCUT2D eigenvalue weighted by molar-refractivity contribution is 7.89. The lowest BCUT2D eigenvalue weighted by atomic mass is 9.95. The molecule has 1 fully saturated rings. The Balaban J connectivity index is 1.85. The summed E-state index contributed by atoms with van der Waals surface area (Å²) in [4.78, 5) is 11.2. The highest BCUT2D eigenvalue weighted by Crippen LogP contribution is 2.32. The monoisotopic (exact) mass is 295 g/mol. The minimum Gasteiger partial charge on any atom is -0.478 e. The van der Waals surface area contributed by atoms with Crippen molar-refractivity contribution >= 4 is 16.0 Å². The summed E-state index contributed by atoms with van der Waals surface area (Å²) in [5.74, 6) is -0.385. The van der Waals surface area contributed by atoms with Crippen molar-refractivity contribution in [2.45, 2.75) is 25.8 Å². The van der Waals surface area contributed by atoms with Gasteiger partial charge in [0.2, 0.25) is 10.0 Å². The molecule has 0 unspecified atom stereocenters. The molecule has 3 rings (SSSR count). The van der Waals surface area contributed by atoms with Gasteiger partial charge in [-0.15, -0.1) is 0 Å². The summed E-state index contributed by atoms with van der Waals surface area (Å²) in [6.45, 7) is 0.678. The van der Waals surface area contributed by atoms with E-state index in [1.807, 2.05) is 6.07 Å². The SMILES string of the molecule is O=C(O)c1cccc2c1CCN(S(=O)(=O)CC1CC1)C2. The van der Waals surface area contributed by atoms with Gasteiger partial charge >= 0.3 is 5.97 Å². The number of aromatic carboxylic acids is 1. The molecule has 1 aromatic carbocycles. The maximum atomic E-state index is 12.3. The number of benzene rings is 1. The fourth-order valence-corrected chi connectivity index (χ4v) is 4.55. The summed E-state index contributed by atoms with van der Waals surface area (Å²) in [6, 6.07) is 5.08. The van der Waals surface area contributed by atoms with Crippen molar-refractivity contribution in [2.24, 2.45) is 5.92 Å². The Bertz CT molecular complexity index is 649. The van der Waals surface area contributed by atoms with Crippen LogP contribution in [0.2, 0.25) is 0 Å². The predicted octanol–water partition coefficient (Wildman–Crippen LogP) is 1.48. The number of sulfonamides is 1. The summed E-state index contributed by atoms with van der Waals surface area (Å²) in [6.07, 6.45) is 2.49. The van der Waals surface area contributed by atoms with E-state index in [9.17, 15) is 13.2 Å². The van der Waals surface area contributed by atoms with Crippen molar-refractivity contribution in [3.05, 3.63) is 34.9 Å². The normalized spacial score (nSPS) is 19.6. The zero-order valence-electron chi connectivity index (χ0n) is 11.1. The topological polar surface area (TPSA) is 74.7 Å². The van der Waals surface area contributed by atoms with Gasteiger partial charge in [-0.2, -0.15) is 4.31 Å². The fourth-order valence-electron chi connectivity index (χ4n) is 2.71. The van der Waals surface area contributed by atoms with E-state index in [2.05, 4.69) is 0 Å². The zero-order chi connectivity index (χ0) is 14.3. The van der Waals surface area contributed by atoms with Gasteiger partial charge in [0, 0.05) is 13.1 Å². The van der Waals surface area contributed by atoms with Gasteiger partial charge in [-0.25, -0.2) is 13.2 Å². The van der Waals surface area contributed by atoms with E-state index in [1.165, 1.54) is 4.31 Å². The Hall–Kier alpha value is -1.40. The second-order valence-electron chi connectivity index (χ2n) is 5.55. The Labute approximate surface area is 118 Å². The van der Waals surface area contributed by atoms with Crippen molar-refractivity contribution < 1.29 is 18.3 Å². The number of rotatable bonds is 4. The molecule has 0 atom stereocenters. The number of carboxylic acids is 1. The number of hydrogen-bond donors (Lipinski definition) is 1. The van der Waals surface area contributed by atoms with Crippen LogP contribution < -0.4 is 0 Å². The van der Waals surface area contributed by atoms with Crippen LogP contribution in [0.4, 0.5) is 0 Å². The Kier molecular flexibility index (Phi) is 3.30. The molecule has 1 N–H and O–H groups in total. The molecule has 0 amide bonds. The second-order valence-corrected chi connectivity index (χ2v) is 7.57. The van der Waals surface area contributed by atoms with Crippen LogP contribution in [0, 0.1) is 5.92 Å². The smallest absolute Gasteiger partial charge is 0.335 e. The largest absolute Gasteiger partial charge is 0.478 e. The molecule has 1 aliphatic carbocycles. The van der Waals surface area contributed by atoms with E-state index in [0.29, 0.717) is 31.0 Å². The van der Waals surface area contributed by atoms with Gasteiger partial charge in [0.25, 0.3) is 0 Å². The summed E-state index contributed by atoms with van der Waals surface area (Å²) >= 11 is 0. The Morgan fingerprint density at radius 2 is 2.10 bits per heavy atom. The van der Waals surface area contributed by atoms with Crippen LogP contribution in [-0.4, -0.2) is 36.1 Å². The third kappa shape index (κ3) is 2.58. The van der Waals surface area contributed by atoms with Crippen LogP contribution in [0.25, 0.3) is 0 Å². The minimum absolute atomic E-state index is 0.237. The number of fused-ring (bicyclic) bond motifs is 1. The first-order valence-corrected chi connectivity index (χ1v) is 8.40. The highest BCUT2D eigenvalue weighted by Gasteiger charge is 2.34. The third-order valence-corrected chi connectivity index (χ3v) is 5.99. The molecule has 5 nitrogen and oxygen atoms in total. The van der Waals surface area contributed by atoms with Gasteiger partial charge in [0.05, 0.1) is 11.3 Å². The second kappa shape index (κ2) is 4.86. The van der Waals surface area contributed by atoms with Gasteiger partial charge in [-0.3, -0.25) is 0 Å². The maximum absolute atomic E-state index is 12.3. The summed E-state index contributed by atoms with van der Waals surface area (Å²) in [5, 5.41) is 9.16. The standard InChI is InChI=1S/C14H17NO4S/c16-14(17)13-3-1-2-11-8-15(7-6-12(11)13)20(18,19)9-10-4-5-10/h1-3,10H,4-9H2,(H,16,17). The van der Waals surface area contributed by atoms with Crippen molar-refractivity contribution in [2.75, 3.05) is 12.3 Å². The van der Waals surface area contributed by atoms with Crippen LogP contribution >= 0.6 is 0 Å². The third-order valence-electron chi connectivity index (χ3n) is 4.00. The Morgan fingerprint density at radius 3 is 2.75 bits per heavy atom. The Morgan fingerprint density at radius 1 is 1.35 bits per heavy atom. The van der Waals surface area contributed by atoms with Crippen molar-refractivity contribution in [3.8, 4) is 0 Å². The molecule has 108 valence electrons. The van der Waals surface area contributed by atoms with Crippen molar-refractivity contribution in [3.63, 3.8) is 0 Å². The van der Waals surface area contributed by atoms with Gasteiger partial charge in [0.1, 0.15) is 0 Å². The molecule has 0 spiro atoms. The van der Waals surface area contributed by atoms with Crippen molar-refractivity contribution in [1.29, 1.82) is 0 Å². The van der Waals surface area contributed by atoms with Crippen molar-refractivity contribution in [1.82, 2.24) is 4.31 Å². The molecular formula is C14H17NO4S. The summed E-state index contributed by atoms with van der Waals surface area (Å²) in [7, 11) is -3.21. The lowest BCUT2D eigenvalue weighted by Gasteiger charge is -2.28. The van der Waals surface area contributed by atoms with E-state index in [4.69, 9.17) is 5.11 Å². The molecule has 1 heterocycles. The lowest BCUT2D eigenvalue weighted by Crippen LogP contribution is -2.38. The molecular weight excluding hydrogens is 278 g/mol. The predicted molar refractivity (Wildman–Crippen MR) is 74.0 cm³/mol. The van der Waals surface area contributed by atoms with Crippen LogP contribution in [0.15, 0.2) is 18.2 Å². The fraction of sp³-hybridized carbons (Fsp3) is 0.500. The molecule has 0 radical (unpaired) electrons. The minimum atomic E-state index is -3.21. The van der Waals surface area contributed by atoms with E-state index >= 15 is 0 Å². The van der Waals surface area contributed by atoms with E-state index in [-0.39, 0.29) is 5.75 Å². The molecule has 1 aliphatic heterocycles. The van der Waals surface area contributed by atoms with E-state index in [1.54, 1.807) is 12.1 Å². The number of carboxylic acid groups (broad SMARTS) is 1. The molecule has 1 aromatic rings. The first kappa shape index (κ1) is 13.6. The van der Waals surface area contributed by atoms with Crippen LogP contribution in [-0.2, 0) is 23.0 Å². The summed E-state index contributed by atoms with van der Waals surface area (Å²) < 4.78 is 26.0. The van der Waals surface area contributed by atoms with Crippen LogP contribution in [0.3, 0.4) is 0 Å². The molecule has 0 aromatic heterocycles. The van der Waals surface area contributed by atoms with Gasteiger partial charge in [-0.05, 0) is 42.4 Å². The average molecular weight is 295 g/mol. The van der Waals surface area contributed by atoms with Crippen LogP contribution in [0.5, 0.6) is 0 Å². The molecule has 1 saturated carbocycles. The number of nitrogens with zero attached hydrogens (tertiary/aromatic N) is 1. The van der Waals surface area contributed by atoms with Gasteiger partial charge in [-0.1, -0.05) is 12.1 Å². The van der Waals surface area contributed by atoms with E-state index in [0.717, 1.165) is 24.0 Å². The first-order chi connectivity index (χ1) is 9.47. The molecule has 20 heavy (non-hydrogen) atoms. The number of hydrogen-bond acceptors (Lipinski definition) is 3. The first-order valence-electron chi connectivity index (χ1n) is 6.79. The molecule has 6 heteroatoms. The summed E-state index contributed by atoms with van der Waals surface area (Å²) in [5.41, 5.74) is 1.88. The highest BCUT2D eigenvalue weighted by atomic mass is 32.2. The lowest BCUT2D eigenvalue weighted by molar-refractivity contribution is 0.0695. The molecule has 0 bridgehead atoms. The van der Waals surface area contributed by atoms with E-state index < -0.39 is 16.0 Å². The number of carbonyl (C=O) groups is 1. The van der Waals surface area contributed by atoms with Gasteiger partial charge < -0.3 is 5.11 Å². The maximum Gasteiger partial charge on any atom is 0.335 e. The quantitative estimate of drug-likeness (QED) is 0.913. The van der Waals surface area contributed by atoms with Crippen LogP contribution in [0.1, 0.15) is 34.3 Å². The molecule has 0 saturated heterocycles.